The van der Waals surface area contributed by atoms with Crippen molar-refractivity contribution >= 4 is 27.5 Å². The summed E-state index contributed by atoms with van der Waals surface area (Å²) in [6.07, 6.45) is 2.15. The van der Waals surface area contributed by atoms with Crippen LogP contribution in [-0.2, 0) is 5.41 Å². The third-order valence-corrected chi connectivity index (χ3v) is 10.1. The van der Waals surface area contributed by atoms with Gasteiger partial charge in [0.05, 0.1) is 17.1 Å². The average molecular weight is 594 g/mol. The van der Waals surface area contributed by atoms with Gasteiger partial charge in [-0.2, -0.15) is 0 Å². The van der Waals surface area contributed by atoms with E-state index in [9.17, 15) is 0 Å². The maximum atomic E-state index is 4.01. The van der Waals surface area contributed by atoms with Crippen LogP contribution in [0.25, 0.3) is 49.8 Å². The van der Waals surface area contributed by atoms with Crippen LogP contribution < -0.4 is 10.6 Å². The Morgan fingerprint density at radius 2 is 1.24 bits per heavy atom. The summed E-state index contributed by atoms with van der Waals surface area (Å²) >= 11 is 0. The molecule has 9 rings (SSSR count). The second-order valence-corrected chi connectivity index (χ2v) is 13.1. The number of hydrogen-bond donors (Lipinski definition) is 2. The van der Waals surface area contributed by atoms with Gasteiger partial charge in [-0.25, -0.2) is 0 Å². The highest BCUT2D eigenvalue weighted by Crippen LogP contribution is 2.51. The van der Waals surface area contributed by atoms with Crippen molar-refractivity contribution in [1.82, 2.24) is 15.2 Å². The SMILES string of the molecule is CC1(C)c2ccccc2-c2cc3c(cc21)c1ccccc1n3C1NC(c2ccccc2)=CC(c2cccc(-c3ccccc3)c2)N1. The minimum Gasteiger partial charge on any atom is -0.352 e. The van der Waals surface area contributed by atoms with E-state index >= 15 is 0 Å². The number of nitrogens with one attached hydrogen (secondary N) is 2. The molecule has 2 heterocycles. The van der Waals surface area contributed by atoms with Crippen molar-refractivity contribution in [1.29, 1.82) is 0 Å². The summed E-state index contributed by atoms with van der Waals surface area (Å²) in [4.78, 5) is 0. The molecule has 1 aliphatic heterocycles. The van der Waals surface area contributed by atoms with E-state index in [1.165, 1.54) is 66.3 Å². The van der Waals surface area contributed by atoms with E-state index in [4.69, 9.17) is 0 Å². The fourth-order valence-electron chi connectivity index (χ4n) is 7.76. The van der Waals surface area contributed by atoms with Crippen molar-refractivity contribution in [2.24, 2.45) is 0 Å². The number of fused-ring (bicyclic) bond motifs is 6. The van der Waals surface area contributed by atoms with Gasteiger partial charge in [-0.15, -0.1) is 0 Å². The largest absolute Gasteiger partial charge is 0.352 e. The normalized spacial score (nSPS) is 18.2. The highest BCUT2D eigenvalue weighted by Gasteiger charge is 2.36. The summed E-state index contributed by atoms with van der Waals surface area (Å²) in [5, 5.41) is 10.5. The summed E-state index contributed by atoms with van der Waals surface area (Å²) < 4.78 is 2.48. The molecule has 2 unspecified atom stereocenters. The lowest BCUT2D eigenvalue weighted by Crippen LogP contribution is -2.43. The van der Waals surface area contributed by atoms with Gasteiger partial charge in [0.2, 0.25) is 0 Å². The van der Waals surface area contributed by atoms with Crippen molar-refractivity contribution in [2.75, 3.05) is 0 Å². The minimum absolute atomic E-state index is 0.00424. The molecule has 2 aliphatic rings. The molecule has 6 aromatic carbocycles. The van der Waals surface area contributed by atoms with Gasteiger partial charge in [-0.05, 0) is 74.8 Å². The average Bonchev–Trinajstić information content (AvgIpc) is 3.56. The van der Waals surface area contributed by atoms with Gasteiger partial charge in [-0.1, -0.05) is 135 Å². The highest BCUT2D eigenvalue weighted by atomic mass is 15.3. The lowest BCUT2D eigenvalue weighted by atomic mass is 9.82. The first-order valence-electron chi connectivity index (χ1n) is 16.2. The zero-order valence-corrected chi connectivity index (χ0v) is 26.0. The van der Waals surface area contributed by atoms with Crippen molar-refractivity contribution in [3.05, 3.63) is 174 Å². The van der Waals surface area contributed by atoms with Crippen LogP contribution in [0.2, 0.25) is 0 Å². The first-order chi connectivity index (χ1) is 22.6. The second-order valence-electron chi connectivity index (χ2n) is 13.1. The molecule has 0 radical (unpaired) electrons. The van der Waals surface area contributed by atoms with E-state index in [0.29, 0.717) is 0 Å². The van der Waals surface area contributed by atoms with Crippen molar-refractivity contribution < 1.29 is 0 Å². The van der Waals surface area contributed by atoms with Gasteiger partial charge >= 0.3 is 0 Å². The Hall–Kier alpha value is -5.38. The zero-order chi connectivity index (χ0) is 30.8. The standard InChI is InChI=1S/C43H35N3/c1-43(2)36-22-11-9-20-32(36)34-26-41-35(25-37(34)43)33-21-10-12-23-40(33)46(41)42-44-38(29-16-7-4-8-17-29)27-39(45-42)31-19-13-18-30(24-31)28-14-5-3-6-15-28/h3-27,39,42,44-45H,1-2H3. The number of aromatic nitrogens is 1. The predicted octanol–water partition coefficient (Wildman–Crippen LogP) is 10.2. The molecule has 7 aromatic rings. The summed E-state index contributed by atoms with van der Waals surface area (Å²) in [5.74, 6) is 0. The predicted molar refractivity (Wildman–Crippen MR) is 191 cm³/mol. The Balaban J connectivity index is 1.23. The molecule has 1 aromatic heterocycles. The first kappa shape index (κ1) is 27.0. The van der Waals surface area contributed by atoms with Crippen LogP contribution in [-0.4, -0.2) is 4.57 Å². The van der Waals surface area contributed by atoms with E-state index in [1.54, 1.807) is 0 Å². The Morgan fingerprint density at radius 3 is 2.07 bits per heavy atom. The van der Waals surface area contributed by atoms with Crippen LogP contribution in [0.1, 0.15) is 48.4 Å². The lowest BCUT2D eigenvalue weighted by molar-refractivity contribution is 0.350. The first-order valence-corrected chi connectivity index (χ1v) is 16.2. The monoisotopic (exact) mass is 593 g/mol. The molecule has 0 saturated heterocycles. The molecule has 3 heteroatoms. The number of hydrogen-bond acceptors (Lipinski definition) is 2. The molecule has 3 nitrogen and oxygen atoms in total. The molecule has 0 amide bonds. The number of benzene rings is 6. The van der Waals surface area contributed by atoms with E-state index < -0.39 is 0 Å². The fourth-order valence-corrected chi connectivity index (χ4v) is 7.76. The van der Waals surface area contributed by atoms with Gasteiger partial charge in [0.15, 0.2) is 6.29 Å². The van der Waals surface area contributed by atoms with Gasteiger partial charge in [0.1, 0.15) is 0 Å². The maximum Gasteiger partial charge on any atom is 0.160 e. The minimum atomic E-state index is -0.185. The van der Waals surface area contributed by atoms with Crippen LogP contribution in [0.15, 0.2) is 152 Å². The topological polar surface area (TPSA) is 29.0 Å². The Bertz CT molecular complexity index is 2290. The quantitative estimate of drug-likeness (QED) is 0.213. The smallest absolute Gasteiger partial charge is 0.160 e. The Morgan fingerprint density at radius 1 is 0.543 bits per heavy atom. The molecule has 0 fully saturated rings. The number of para-hydroxylation sites is 1. The fraction of sp³-hybridized carbons (Fsp3) is 0.116. The molecule has 46 heavy (non-hydrogen) atoms. The molecule has 1 aliphatic carbocycles. The van der Waals surface area contributed by atoms with E-state index in [-0.39, 0.29) is 17.7 Å². The molecule has 222 valence electrons. The molecule has 0 spiro atoms. The highest BCUT2D eigenvalue weighted by molar-refractivity contribution is 6.10. The number of rotatable bonds is 4. The number of nitrogens with zero attached hydrogens (tertiary/aromatic N) is 1. The maximum absolute atomic E-state index is 4.01. The second kappa shape index (κ2) is 10.3. The molecular formula is C43H35N3. The molecular weight excluding hydrogens is 558 g/mol. The zero-order valence-electron chi connectivity index (χ0n) is 26.0. The lowest BCUT2D eigenvalue weighted by Gasteiger charge is -2.34. The van der Waals surface area contributed by atoms with Gasteiger partial charge < -0.3 is 9.88 Å². The Kier molecular flexibility index (Phi) is 6.06. The Labute approximate surface area is 269 Å². The third kappa shape index (κ3) is 4.16. The van der Waals surface area contributed by atoms with Gasteiger partial charge in [-0.3, -0.25) is 5.32 Å². The van der Waals surface area contributed by atoms with Crippen LogP contribution in [0.5, 0.6) is 0 Å². The summed E-state index contributed by atoms with van der Waals surface area (Å²) in [6.45, 7) is 4.72. The summed E-state index contributed by atoms with van der Waals surface area (Å²) in [7, 11) is 0. The summed E-state index contributed by atoms with van der Waals surface area (Å²) in [6, 6.07) is 52.9. The van der Waals surface area contributed by atoms with Crippen molar-refractivity contribution in [3.63, 3.8) is 0 Å². The van der Waals surface area contributed by atoms with Crippen molar-refractivity contribution in [2.45, 2.75) is 31.6 Å². The van der Waals surface area contributed by atoms with E-state index in [2.05, 4.69) is 181 Å². The van der Waals surface area contributed by atoms with Gasteiger partial charge in [0, 0.05) is 21.9 Å². The van der Waals surface area contributed by atoms with E-state index in [0.717, 1.165) is 5.70 Å². The molecule has 2 atom stereocenters. The third-order valence-electron chi connectivity index (χ3n) is 10.1. The van der Waals surface area contributed by atoms with Crippen LogP contribution in [0, 0.1) is 0 Å². The molecule has 2 N–H and O–H groups in total. The van der Waals surface area contributed by atoms with E-state index in [1.807, 2.05) is 0 Å². The van der Waals surface area contributed by atoms with Gasteiger partial charge in [0.25, 0.3) is 0 Å². The molecule has 0 saturated carbocycles. The summed E-state index contributed by atoms with van der Waals surface area (Å²) in [5.41, 5.74) is 13.8. The molecule has 0 bridgehead atoms. The van der Waals surface area contributed by atoms with Crippen LogP contribution in [0.4, 0.5) is 0 Å². The van der Waals surface area contributed by atoms with Crippen LogP contribution >= 0.6 is 0 Å². The van der Waals surface area contributed by atoms with Crippen LogP contribution in [0.3, 0.4) is 0 Å². The van der Waals surface area contributed by atoms with Crippen molar-refractivity contribution in [3.8, 4) is 22.3 Å².